The Morgan fingerprint density at radius 2 is 1.95 bits per heavy atom. The maximum atomic E-state index is 12.3. The fraction of sp³-hybridized carbons (Fsp3) is 0.529. The number of amides is 2. The lowest BCUT2D eigenvalue weighted by Crippen LogP contribution is -2.41. The molecule has 1 aliphatic rings. The molecule has 1 fully saturated rings. The molecule has 1 aromatic rings. The number of rotatable bonds is 5. The van der Waals surface area contributed by atoms with Crippen LogP contribution in [0.25, 0.3) is 0 Å². The van der Waals surface area contributed by atoms with Crippen molar-refractivity contribution >= 4 is 17.5 Å². The lowest BCUT2D eigenvalue weighted by Gasteiger charge is -2.24. The highest BCUT2D eigenvalue weighted by molar-refractivity contribution is 5.84. The smallest absolute Gasteiger partial charge is 0.241 e. The van der Waals surface area contributed by atoms with Crippen molar-refractivity contribution in [3.05, 3.63) is 29.8 Å². The Balaban J connectivity index is 1.81. The van der Waals surface area contributed by atoms with E-state index >= 15 is 0 Å². The summed E-state index contributed by atoms with van der Waals surface area (Å²) < 4.78 is 0. The third kappa shape index (κ3) is 4.76. The van der Waals surface area contributed by atoms with Crippen LogP contribution >= 0.6 is 0 Å². The number of carbonyl (C=O) groups excluding carboxylic acids is 2. The number of likely N-dealkylation sites (N-methyl/N-ethyl adjacent to an activating group) is 1. The van der Waals surface area contributed by atoms with Crippen molar-refractivity contribution in [3.8, 4) is 0 Å². The second-order valence-electron chi connectivity index (χ2n) is 5.93. The van der Waals surface area contributed by atoms with Crippen LogP contribution < -0.4 is 5.73 Å². The molecular formula is C17H25N3O2. The van der Waals surface area contributed by atoms with Gasteiger partial charge in [-0.1, -0.05) is 18.6 Å². The van der Waals surface area contributed by atoms with Crippen molar-refractivity contribution < 1.29 is 9.59 Å². The molecule has 0 bridgehead atoms. The minimum Gasteiger partial charge on any atom is -0.399 e. The van der Waals surface area contributed by atoms with Gasteiger partial charge in [-0.2, -0.15) is 0 Å². The Bertz CT molecular complexity index is 513. The van der Waals surface area contributed by atoms with Crippen LogP contribution in [0, 0.1) is 0 Å². The van der Waals surface area contributed by atoms with Crippen molar-refractivity contribution in [2.24, 2.45) is 0 Å². The van der Waals surface area contributed by atoms with Crippen LogP contribution in [0.4, 0.5) is 5.69 Å². The lowest BCUT2D eigenvalue weighted by atomic mass is 10.1. The summed E-state index contributed by atoms with van der Waals surface area (Å²) in [5.74, 6) is 0.114. The minimum absolute atomic E-state index is 0.00527. The van der Waals surface area contributed by atoms with E-state index in [0.29, 0.717) is 19.5 Å². The fourth-order valence-corrected chi connectivity index (χ4v) is 2.60. The Hall–Kier alpha value is -2.04. The third-order valence-corrected chi connectivity index (χ3v) is 4.14. The molecule has 0 radical (unpaired) electrons. The molecule has 1 aliphatic heterocycles. The highest BCUT2D eigenvalue weighted by atomic mass is 16.2. The Morgan fingerprint density at radius 3 is 2.68 bits per heavy atom. The number of anilines is 1. The van der Waals surface area contributed by atoms with Gasteiger partial charge >= 0.3 is 0 Å². The number of nitrogen functional groups attached to an aromatic ring is 1. The van der Waals surface area contributed by atoms with Crippen molar-refractivity contribution in [2.45, 2.75) is 32.1 Å². The largest absolute Gasteiger partial charge is 0.399 e. The molecule has 0 spiro atoms. The zero-order valence-electron chi connectivity index (χ0n) is 13.3. The standard InChI is InChI=1S/C17H25N3O2/c1-19(12-10-14-6-8-15(18)9-7-14)17(22)13-20-11-4-2-3-5-16(20)21/h6-9H,2-5,10-13,18H2,1H3. The highest BCUT2D eigenvalue weighted by Crippen LogP contribution is 2.11. The summed E-state index contributed by atoms with van der Waals surface area (Å²) in [5, 5.41) is 0. The number of likely N-dealkylation sites (tertiary alicyclic amines) is 1. The van der Waals surface area contributed by atoms with Gasteiger partial charge in [0.05, 0.1) is 6.54 Å². The van der Waals surface area contributed by atoms with E-state index in [-0.39, 0.29) is 18.4 Å². The maximum Gasteiger partial charge on any atom is 0.241 e. The Kier molecular flexibility index (Phi) is 5.81. The molecule has 2 amide bonds. The summed E-state index contributed by atoms with van der Waals surface area (Å²) in [6, 6.07) is 7.69. The molecule has 5 nitrogen and oxygen atoms in total. The van der Waals surface area contributed by atoms with Gasteiger partial charge < -0.3 is 15.5 Å². The van der Waals surface area contributed by atoms with E-state index in [1.165, 1.54) is 0 Å². The summed E-state index contributed by atoms with van der Waals surface area (Å²) >= 11 is 0. The summed E-state index contributed by atoms with van der Waals surface area (Å²) in [6.07, 6.45) is 4.37. The van der Waals surface area contributed by atoms with Gasteiger partial charge in [0, 0.05) is 32.2 Å². The summed E-state index contributed by atoms with van der Waals surface area (Å²) in [5.41, 5.74) is 7.55. The normalized spacial score (nSPS) is 15.5. The second kappa shape index (κ2) is 7.82. The van der Waals surface area contributed by atoms with Gasteiger partial charge in [0.2, 0.25) is 11.8 Å². The molecule has 2 rings (SSSR count). The number of nitrogens with zero attached hydrogens (tertiary/aromatic N) is 2. The first kappa shape index (κ1) is 16.3. The van der Waals surface area contributed by atoms with Gasteiger partial charge in [0.1, 0.15) is 0 Å². The zero-order chi connectivity index (χ0) is 15.9. The van der Waals surface area contributed by atoms with Crippen molar-refractivity contribution in [2.75, 3.05) is 32.4 Å². The van der Waals surface area contributed by atoms with Crippen LogP contribution in [0.15, 0.2) is 24.3 Å². The van der Waals surface area contributed by atoms with Crippen LogP contribution in [0.2, 0.25) is 0 Å². The topological polar surface area (TPSA) is 66.6 Å². The summed E-state index contributed by atoms with van der Waals surface area (Å²) in [7, 11) is 1.79. The Morgan fingerprint density at radius 1 is 1.23 bits per heavy atom. The average Bonchev–Trinajstić information content (AvgIpc) is 2.71. The van der Waals surface area contributed by atoms with E-state index in [4.69, 9.17) is 5.73 Å². The van der Waals surface area contributed by atoms with E-state index in [9.17, 15) is 9.59 Å². The molecule has 22 heavy (non-hydrogen) atoms. The molecular weight excluding hydrogens is 278 g/mol. The van der Waals surface area contributed by atoms with E-state index in [1.807, 2.05) is 24.3 Å². The minimum atomic E-state index is 0.00527. The number of hydrogen-bond donors (Lipinski definition) is 1. The van der Waals surface area contributed by atoms with Crippen LogP contribution in [0.1, 0.15) is 31.2 Å². The van der Waals surface area contributed by atoms with Gasteiger partial charge in [-0.05, 0) is 37.0 Å². The molecule has 120 valence electrons. The first-order valence-corrected chi connectivity index (χ1v) is 7.92. The quantitative estimate of drug-likeness (QED) is 0.842. The molecule has 2 N–H and O–H groups in total. The molecule has 1 aromatic carbocycles. The number of hydrogen-bond acceptors (Lipinski definition) is 3. The molecule has 0 saturated carbocycles. The van der Waals surface area contributed by atoms with Gasteiger partial charge in [0.15, 0.2) is 0 Å². The van der Waals surface area contributed by atoms with Crippen LogP contribution in [-0.2, 0) is 16.0 Å². The molecule has 0 atom stereocenters. The second-order valence-corrected chi connectivity index (χ2v) is 5.93. The molecule has 0 aromatic heterocycles. The predicted octanol–water partition coefficient (Wildman–Crippen LogP) is 1.67. The maximum absolute atomic E-state index is 12.3. The fourth-order valence-electron chi connectivity index (χ4n) is 2.60. The van der Waals surface area contributed by atoms with E-state index in [1.54, 1.807) is 16.8 Å². The molecule has 1 heterocycles. The van der Waals surface area contributed by atoms with Crippen LogP contribution in [0.5, 0.6) is 0 Å². The van der Waals surface area contributed by atoms with E-state index < -0.39 is 0 Å². The van der Waals surface area contributed by atoms with E-state index in [0.717, 1.165) is 36.9 Å². The van der Waals surface area contributed by atoms with Crippen molar-refractivity contribution in [3.63, 3.8) is 0 Å². The van der Waals surface area contributed by atoms with Gasteiger partial charge in [-0.3, -0.25) is 9.59 Å². The number of nitrogens with two attached hydrogens (primary N) is 1. The summed E-state index contributed by atoms with van der Waals surface area (Å²) in [4.78, 5) is 27.6. The Labute approximate surface area is 132 Å². The first-order chi connectivity index (χ1) is 10.6. The van der Waals surface area contributed by atoms with E-state index in [2.05, 4.69) is 0 Å². The van der Waals surface area contributed by atoms with Crippen LogP contribution in [-0.4, -0.2) is 48.3 Å². The van der Waals surface area contributed by atoms with Crippen molar-refractivity contribution in [1.29, 1.82) is 0 Å². The summed E-state index contributed by atoms with van der Waals surface area (Å²) in [6.45, 7) is 1.55. The van der Waals surface area contributed by atoms with Gasteiger partial charge in [-0.25, -0.2) is 0 Å². The number of carbonyl (C=O) groups is 2. The first-order valence-electron chi connectivity index (χ1n) is 7.92. The molecule has 0 unspecified atom stereocenters. The zero-order valence-corrected chi connectivity index (χ0v) is 13.3. The molecule has 5 heteroatoms. The monoisotopic (exact) mass is 303 g/mol. The van der Waals surface area contributed by atoms with Crippen LogP contribution in [0.3, 0.4) is 0 Å². The highest BCUT2D eigenvalue weighted by Gasteiger charge is 2.20. The van der Waals surface area contributed by atoms with Crippen molar-refractivity contribution in [1.82, 2.24) is 9.80 Å². The third-order valence-electron chi connectivity index (χ3n) is 4.14. The van der Waals surface area contributed by atoms with Gasteiger partial charge in [-0.15, -0.1) is 0 Å². The SMILES string of the molecule is CN(CCc1ccc(N)cc1)C(=O)CN1CCCCCC1=O. The number of benzene rings is 1. The predicted molar refractivity (Wildman–Crippen MR) is 87.2 cm³/mol. The molecule has 1 saturated heterocycles. The lowest BCUT2D eigenvalue weighted by molar-refractivity contribution is -0.139. The van der Waals surface area contributed by atoms with Gasteiger partial charge in [0.25, 0.3) is 0 Å². The average molecular weight is 303 g/mol. The molecule has 0 aliphatic carbocycles.